The van der Waals surface area contributed by atoms with Crippen LogP contribution in [-0.4, -0.2) is 36.4 Å². The van der Waals surface area contributed by atoms with E-state index in [0.717, 1.165) is 17.7 Å². The van der Waals surface area contributed by atoms with E-state index in [9.17, 15) is 18.0 Å². The van der Waals surface area contributed by atoms with Gasteiger partial charge in [0.15, 0.2) is 0 Å². The molecule has 27 heavy (non-hydrogen) atoms. The number of carbonyl (C=O) groups is 1. The Kier molecular flexibility index (Phi) is 5.38. The summed E-state index contributed by atoms with van der Waals surface area (Å²) >= 11 is 5.90. The molecule has 2 aromatic carbocycles. The number of rotatable bonds is 3. The number of urea groups is 1. The number of alkyl halides is 3. The lowest BCUT2D eigenvalue weighted by Gasteiger charge is -2.15. The Hall–Kier alpha value is -2.58. The number of amides is 2. The van der Waals surface area contributed by atoms with E-state index < -0.39 is 17.8 Å². The van der Waals surface area contributed by atoms with E-state index in [0.29, 0.717) is 17.3 Å². The maximum atomic E-state index is 12.6. The fourth-order valence-corrected chi connectivity index (χ4v) is 2.79. The molecule has 2 N–H and O–H groups in total. The summed E-state index contributed by atoms with van der Waals surface area (Å²) in [6.07, 6.45) is -4.42. The lowest BCUT2D eigenvalue weighted by Crippen LogP contribution is -2.39. The van der Waals surface area contributed by atoms with Gasteiger partial charge >= 0.3 is 12.2 Å². The van der Waals surface area contributed by atoms with Gasteiger partial charge in [0.2, 0.25) is 0 Å². The Labute approximate surface area is 158 Å². The fraction of sp³-hybridized carbons (Fsp3) is 0.222. The number of hydrazone groups is 1. The normalized spacial score (nSPS) is 17.0. The first-order chi connectivity index (χ1) is 12.8. The van der Waals surface area contributed by atoms with Crippen LogP contribution in [0.4, 0.5) is 23.7 Å². The van der Waals surface area contributed by atoms with Crippen molar-refractivity contribution in [2.75, 3.05) is 18.9 Å². The molecule has 2 amide bonds. The van der Waals surface area contributed by atoms with Crippen LogP contribution in [0.5, 0.6) is 0 Å². The molecule has 2 aromatic rings. The number of nitrogens with zero attached hydrogens (tertiary/aromatic N) is 2. The quantitative estimate of drug-likeness (QED) is 0.817. The molecule has 0 aromatic heterocycles. The molecule has 1 aliphatic rings. The van der Waals surface area contributed by atoms with E-state index in [-0.39, 0.29) is 11.7 Å². The maximum absolute atomic E-state index is 12.6. The predicted molar refractivity (Wildman–Crippen MR) is 98.0 cm³/mol. The third-order valence-corrected chi connectivity index (χ3v) is 4.35. The molecule has 1 aliphatic heterocycles. The second kappa shape index (κ2) is 7.58. The van der Waals surface area contributed by atoms with Gasteiger partial charge in [-0.1, -0.05) is 23.7 Å². The number of anilines is 1. The van der Waals surface area contributed by atoms with E-state index in [2.05, 4.69) is 15.7 Å². The van der Waals surface area contributed by atoms with Crippen molar-refractivity contribution in [3.8, 4) is 0 Å². The first-order valence-corrected chi connectivity index (χ1v) is 8.43. The van der Waals surface area contributed by atoms with Crippen molar-refractivity contribution in [3.05, 3.63) is 64.7 Å². The third-order valence-electron chi connectivity index (χ3n) is 4.10. The standard InChI is InChI=1S/C18H16ClF3N4O/c1-23-15-10-26(25-16(15)11-2-6-13(19)7-3-11)17(27)24-14-8-4-12(5-9-14)18(20,21)22/h2-9,15,23H,10H2,1H3,(H,24,27). The maximum Gasteiger partial charge on any atom is 0.416 e. The van der Waals surface area contributed by atoms with Crippen molar-refractivity contribution in [3.63, 3.8) is 0 Å². The fourth-order valence-electron chi connectivity index (χ4n) is 2.67. The topological polar surface area (TPSA) is 56.7 Å². The van der Waals surface area contributed by atoms with Gasteiger partial charge < -0.3 is 10.6 Å². The summed E-state index contributed by atoms with van der Waals surface area (Å²) in [5.74, 6) is 0. The first-order valence-electron chi connectivity index (χ1n) is 8.05. The number of nitrogens with one attached hydrogen (secondary N) is 2. The second-order valence-electron chi connectivity index (χ2n) is 5.92. The van der Waals surface area contributed by atoms with Gasteiger partial charge in [-0.05, 0) is 49.0 Å². The van der Waals surface area contributed by atoms with Crippen LogP contribution in [0.1, 0.15) is 11.1 Å². The number of hydrogen-bond acceptors (Lipinski definition) is 3. The minimum Gasteiger partial charge on any atom is -0.310 e. The predicted octanol–water partition coefficient (Wildman–Crippen LogP) is 4.20. The van der Waals surface area contributed by atoms with Crippen LogP contribution in [0.2, 0.25) is 5.02 Å². The van der Waals surface area contributed by atoms with E-state index in [1.807, 2.05) is 12.1 Å². The molecule has 0 spiro atoms. The number of carbonyl (C=O) groups excluding carboxylic acids is 1. The Balaban J connectivity index is 1.74. The van der Waals surface area contributed by atoms with Crippen LogP contribution >= 0.6 is 11.6 Å². The van der Waals surface area contributed by atoms with Gasteiger partial charge in [-0.15, -0.1) is 0 Å². The SMILES string of the molecule is CNC1CN(C(=O)Nc2ccc(C(F)(F)F)cc2)N=C1c1ccc(Cl)cc1. The van der Waals surface area contributed by atoms with E-state index in [1.54, 1.807) is 19.2 Å². The Morgan fingerprint density at radius 3 is 2.33 bits per heavy atom. The van der Waals surface area contributed by atoms with E-state index in [4.69, 9.17) is 11.6 Å². The van der Waals surface area contributed by atoms with Crippen molar-refractivity contribution in [1.29, 1.82) is 0 Å². The molecule has 0 saturated carbocycles. The molecule has 1 unspecified atom stereocenters. The summed E-state index contributed by atoms with van der Waals surface area (Å²) < 4.78 is 37.8. The molecule has 0 bridgehead atoms. The minimum atomic E-state index is -4.42. The van der Waals surface area contributed by atoms with Crippen molar-refractivity contribution in [2.45, 2.75) is 12.2 Å². The van der Waals surface area contributed by atoms with Gasteiger partial charge in [0.05, 0.1) is 23.9 Å². The molecule has 0 saturated heterocycles. The lowest BCUT2D eigenvalue weighted by molar-refractivity contribution is -0.137. The molecular weight excluding hydrogens is 381 g/mol. The van der Waals surface area contributed by atoms with Gasteiger partial charge in [0.25, 0.3) is 0 Å². The highest BCUT2D eigenvalue weighted by Gasteiger charge is 2.31. The number of hydrogen-bond donors (Lipinski definition) is 2. The van der Waals surface area contributed by atoms with Crippen molar-refractivity contribution in [1.82, 2.24) is 10.3 Å². The minimum absolute atomic E-state index is 0.176. The average molecular weight is 397 g/mol. The highest BCUT2D eigenvalue weighted by Crippen LogP contribution is 2.30. The van der Waals surface area contributed by atoms with Gasteiger partial charge in [-0.2, -0.15) is 18.3 Å². The number of benzene rings is 2. The van der Waals surface area contributed by atoms with Crippen LogP contribution in [0.3, 0.4) is 0 Å². The zero-order valence-electron chi connectivity index (χ0n) is 14.2. The molecule has 0 fully saturated rings. The Morgan fingerprint density at radius 1 is 1.15 bits per heavy atom. The molecular formula is C18H16ClF3N4O. The average Bonchev–Trinajstić information content (AvgIpc) is 3.06. The number of likely N-dealkylation sites (N-methyl/N-ethyl adjacent to an activating group) is 1. The second-order valence-corrected chi connectivity index (χ2v) is 6.36. The van der Waals surface area contributed by atoms with Gasteiger partial charge in [0, 0.05) is 10.7 Å². The summed E-state index contributed by atoms with van der Waals surface area (Å²) in [5, 5.41) is 11.8. The summed E-state index contributed by atoms with van der Waals surface area (Å²) in [4.78, 5) is 12.4. The molecule has 0 radical (unpaired) electrons. The smallest absolute Gasteiger partial charge is 0.310 e. The largest absolute Gasteiger partial charge is 0.416 e. The Bertz CT molecular complexity index is 850. The zero-order chi connectivity index (χ0) is 19.6. The molecule has 0 aliphatic carbocycles. The van der Waals surface area contributed by atoms with Gasteiger partial charge in [-0.3, -0.25) is 0 Å². The van der Waals surface area contributed by atoms with Gasteiger partial charge in [-0.25, -0.2) is 9.80 Å². The molecule has 3 rings (SSSR count). The summed E-state index contributed by atoms with van der Waals surface area (Å²) in [5.41, 5.74) is 0.976. The third kappa shape index (κ3) is 4.40. The van der Waals surface area contributed by atoms with Crippen LogP contribution in [0, 0.1) is 0 Å². The number of halogens is 4. The monoisotopic (exact) mass is 396 g/mol. The zero-order valence-corrected chi connectivity index (χ0v) is 15.0. The highest BCUT2D eigenvalue weighted by atomic mass is 35.5. The van der Waals surface area contributed by atoms with Crippen LogP contribution < -0.4 is 10.6 Å². The molecule has 1 heterocycles. The van der Waals surface area contributed by atoms with Crippen LogP contribution in [0.25, 0.3) is 0 Å². The van der Waals surface area contributed by atoms with Crippen LogP contribution in [-0.2, 0) is 6.18 Å². The van der Waals surface area contributed by atoms with Crippen molar-refractivity contribution >= 4 is 29.0 Å². The molecule has 9 heteroatoms. The van der Waals surface area contributed by atoms with Crippen molar-refractivity contribution in [2.24, 2.45) is 5.10 Å². The highest BCUT2D eigenvalue weighted by molar-refractivity contribution is 6.30. The summed E-state index contributed by atoms with van der Waals surface area (Å²) in [6.45, 7) is 0.293. The van der Waals surface area contributed by atoms with Crippen LogP contribution in [0.15, 0.2) is 53.6 Å². The Morgan fingerprint density at radius 2 is 1.78 bits per heavy atom. The molecule has 1 atom stereocenters. The van der Waals surface area contributed by atoms with E-state index >= 15 is 0 Å². The summed E-state index contributed by atoms with van der Waals surface area (Å²) in [7, 11) is 1.76. The van der Waals surface area contributed by atoms with E-state index in [1.165, 1.54) is 17.1 Å². The first kappa shape index (κ1) is 19.2. The summed E-state index contributed by atoms with van der Waals surface area (Å²) in [6, 6.07) is 10.6. The lowest BCUT2D eigenvalue weighted by atomic mass is 10.0. The molecule has 142 valence electrons. The van der Waals surface area contributed by atoms with Gasteiger partial charge in [0.1, 0.15) is 0 Å². The molecule has 5 nitrogen and oxygen atoms in total. The van der Waals surface area contributed by atoms with Crippen molar-refractivity contribution < 1.29 is 18.0 Å².